The third kappa shape index (κ3) is 2.69. The van der Waals surface area contributed by atoms with E-state index in [9.17, 15) is 9.50 Å². The molecule has 0 radical (unpaired) electrons. The molecule has 0 aliphatic carbocycles. The number of hydrogen-bond acceptors (Lipinski definition) is 2. The number of phenolic OH excluding ortho intramolecular Hbond substituents is 1. The normalized spacial score (nSPS) is 26.5. The Morgan fingerprint density at radius 3 is 3.07 bits per heavy atom. The molecule has 1 saturated heterocycles. The van der Waals surface area contributed by atoms with Gasteiger partial charge in [0.1, 0.15) is 11.9 Å². The van der Waals surface area contributed by atoms with E-state index in [1.54, 1.807) is 18.2 Å². The van der Waals surface area contributed by atoms with Crippen molar-refractivity contribution in [2.45, 2.75) is 19.0 Å². The van der Waals surface area contributed by atoms with Crippen LogP contribution in [-0.4, -0.2) is 24.4 Å². The fraction of sp³-hybridized carbons (Fsp3) is 0.500. The van der Waals surface area contributed by atoms with E-state index in [0.29, 0.717) is 12.8 Å². The zero-order valence-electron chi connectivity index (χ0n) is 8.62. The smallest absolute Gasteiger partial charge is 0.115 e. The first-order valence-corrected chi connectivity index (χ1v) is 5.38. The van der Waals surface area contributed by atoms with Crippen molar-refractivity contribution in [3.05, 3.63) is 29.8 Å². The first-order valence-electron chi connectivity index (χ1n) is 5.38. The van der Waals surface area contributed by atoms with E-state index in [4.69, 9.17) is 0 Å². The first kappa shape index (κ1) is 10.4. The van der Waals surface area contributed by atoms with E-state index in [1.165, 1.54) is 0 Å². The summed E-state index contributed by atoms with van der Waals surface area (Å²) in [5, 5.41) is 12.5. The molecule has 0 aromatic heterocycles. The molecular weight excluding hydrogens is 193 g/mol. The highest BCUT2D eigenvalue weighted by Crippen LogP contribution is 2.21. The highest BCUT2D eigenvalue weighted by atomic mass is 19.1. The van der Waals surface area contributed by atoms with Crippen molar-refractivity contribution in [3.8, 4) is 5.75 Å². The lowest BCUT2D eigenvalue weighted by Gasteiger charge is -2.26. The van der Waals surface area contributed by atoms with Gasteiger partial charge in [-0.15, -0.1) is 0 Å². The highest BCUT2D eigenvalue weighted by Gasteiger charge is 2.24. The van der Waals surface area contributed by atoms with Crippen LogP contribution < -0.4 is 5.32 Å². The van der Waals surface area contributed by atoms with Gasteiger partial charge in [0.25, 0.3) is 0 Å². The Morgan fingerprint density at radius 1 is 1.47 bits per heavy atom. The quantitative estimate of drug-likeness (QED) is 0.779. The van der Waals surface area contributed by atoms with Gasteiger partial charge in [-0.25, -0.2) is 4.39 Å². The summed E-state index contributed by atoms with van der Waals surface area (Å²) in [6, 6.07) is 7.08. The van der Waals surface area contributed by atoms with Crippen molar-refractivity contribution in [2.75, 3.05) is 13.1 Å². The lowest BCUT2D eigenvalue weighted by molar-refractivity contribution is 0.178. The summed E-state index contributed by atoms with van der Waals surface area (Å²) in [6.07, 6.45) is 0.583. The summed E-state index contributed by atoms with van der Waals surface area (Å²) < 4.78 is 13.5. The van der Waals surface area contributed by atoms with Gasteiger partial charge < -0.3 is 10.4 Å². The van der Waals surface area contributed by atoms with Gasteiger partial charge >= 0.3 is 0 Å². The zero-order chi connectivity index (χ0) is 10.7. The fourth-order valence-corrected chi connectivity index (χ4v) is 2.08. The molecule has 0 bridgehead atoms. The monoisotopic (exact) mass is 209 g/mol. The van der Waals surface area contributed by atoms with Crippen LogP contribution in [0.5, 0.6) is 5.75 Å². The Kier molecular flexibility index (Phi) is 3.21. The summed E-state index contributed by atoms with van der Waals surface area (Å²) >= 11 is 0. The maximum Gasteiger partial charge on any atom is 0.115 e. The van der Waals surface area contributed by atoms with Crippen LogP contribution in [0.4, 0.5) is 4.39 Å². The van der Waals surface area contributed by atoms with E-state index < -0.39 is 6.17 Å². The van der Waals surface area contributed by atoms with Crippen LogP contribution in [0.15, 0.2) is 24.3 Å². The van der Waals surface area contributed by atoms with Gasteiger partial charge in [-0.1, -0.05) is 12.1 Å². The Bertz CT molecular complexity index is 329. The first-order chi connectivity index (χ1) is 7.25. The average Bonchev–Trinajstić information content (AvgIpc) is 2.22. The zero-order valence-corrected chi connectivity index (χ0v) is 8.62. The Morgan fingerprint density at radius 2 is 2.33 bits per heavy atom. The van der Waals surface area contributed by atoms with Crippen LogP contribution >= 0.6 is 0 Å². The van der Waals surface area contributed by atoms with Crippen LogP contribution in [0.25, 0.3) is 0 Å². The van der Waals surface area contributed by atoms with Crippen LogP contribution in [0.1, 0.15) is 12.0 Å². The van der Waals surface area contributed by atoms with Crippen molar-refractivity contribution in [3.63, 3.8) is 0 Å². The minimum atomic E-state index is -0.714. The number of nitrogens with one attached hydrogen (secondary N) is 1. The van der Waals surface area contributed by atoms with Crippen molar-refractivity contribution in [1.82, 2.24) is 5.32 Å². The molecule has 2 rings (SSSR count). The number of alkyl halides is 1. The van der Waals surface area contributed by atoms with Crippen LogP contribution in [0.2, 0.25) is 0 Å². The molecule has 15 heavy (non-hydrogen) atoms. The largest absolute Gasteiger partial charge is 0.508 e. The van der Waals surface area contributed by atoms with Crippen LogP contribution in [-0.2, 0) is 6.42 Å². The predicted octanol–water partition coefficient (Wildman–Crippen LogP) is 1.88. The maximum atomic E-state index is 13.5. The molecule has 0 spiro atoms. The summed E-state index contributed by atoms with van der Waals surface area (Å²) in [4.78, 5) is 0. The lowest BCUT2D eigenvalue weighted by Crippen LogP contribution is -2.38. The number of halogens is 1. The number of piperidine rings is 1. The fourth-order valence-electron chi connectivity index (χ4n) is 2.08. The molecule has 2 nitrogen and oxygen atoms in total. The Labute approximate surface area is 89.1 Å². The molecular formula is C12H16FNO. The second kappa shape index (κ2) is 4.62. The second-order valence-corrected chi connectivity index (χ2v) is 4.14. The predicted molar refractivity (Wildman–Crippen MR) is 57.7 cm³/mol. The van der Waals surface area contributed by atoms with Crippen molar-refractivity contribution in [1.29, 1.82) is 0 Å². The van der Waals surface area contributed by atoms with Gasteiger partial charge in [0.15, 0.2) is 0 Å². The molecule has 2 unspecified atom stereocenters. The van der Waals surface area contributed by atoms with Crippen molar-refractivity contribution in [2.24, 2.45) is 5.92 Å². The number of hydrogen-bond donors (Lipinski definition) is 2. The van der Waals surface area contributed by atoms with E-state index >= 15 is 0 Å². The number of aromatic hydroxyl groups is 1. The topological polar surface area (TPSA) is 32.3 Å². The molecule has 2 N–H and O–H groups in total. The van der Waals surface area contributed by atoms with E-state index in [0.717, 1.165) is 18.7 Å². The number of phenols is 1. The lowest BCUT2D eigenvalue weighted by atomic mass is 9.91. The SMILES string of the molecule is Oc1cccc(CC2CNCCC2F)c1. The number of benzene rings is 1. The van der Waals surface area contributed by atoms with E-state index in [-0.39, 0.29) is 11.7 Å². The summed E-state index contributed by atoms with van der Waals surface area (Å²) in [5.74, 6) is 0.298. The van der Waals surface area contributed by atoms with Gasteiger partial charge in [-0.3, -0.25) is 0 Å². The molecule has 1 aromatic carbocycles. The summed E-state index contributed by atoms with van der Waals surface area (Å²) in [6.45, 7) is 1.51. The molecule has 2 atom stereocenters. The third-order valence-corrected chi connectivity index (χ3v) is 2.92. The van der Waals surface area contributed by atoms with Gasteiger partial charge in [0, 0.05) is 12.5 Å². The average molecular weight is 209 g/mol. The van der Waals surface area contributed by atoms with E-state index in [2.05, 4.69) is 5.32 Å². The van der Waals surface area contributed by atoms with E-state index in [1.807, 2.05) is 6.07 Å². The Hall–Kier alpha value is -1.09. The number of rotatable bonds is 2. The molecule has 1 heterocycles. The van der Waals surface area contributed by atoms with Gasteiger partial charge in [-0.2, -0.15) is 0 Å². The molecule has 1 fully saturated rings. The van der Waals surface area contributed by atoms with Crippen LogP contribution in [0, 0.1) is 5.92 Å². The molecule has 1 aliphatic rings. The molecule has 3 heteroatoms. The highest BCUT2D eigenvalue weighted by molar-refractivity contribution is 5.27. The summed E-state index contributed by atoms with van der Waals surface area (Å²) in [5.41, 5.74) is 1.01. The second-order valence-electron chi connectivity index (χ2n) is 4.14. The van der Waals surface area contributed by atoms with Gasteiger partial charge in [0.05, 0.1) is 0 Å². The van der Waals surface area contributed by atoms with Crippen molar-refractivity contribution < 1.29 is 9.50 Å². The summed E-state index contributed by atoms with van der Waals surface area (Å²) in [7, 11) is 0. The standard InChI is InChI=1S/C12H16FNO/c13-12-4-5-14-8-10(12)6-9-2-1-3-11(15)7-9/h1-3,7,10,12,14-15H,4-6,8H2. The minimum Gasteiger partial charge on any atom is -0.508 e. The third-order valence-electron chi connectivity index (χ3n) is 2.92. The van der Waals surface area contributed by atoms with Gasteiger partial charge in [0.2, 0.25) is 0 Å². The van der Waals surface area contributed by atoms with Crippen LogP contribution in [0.3, 0.4) is 0 Å². The van der Waals surface area contributed by atoms with Gasteiger partial charge in [-0.05, 0) is 37.1 Å². The maximum absolute atomic E-state index is 13.5. The Balaban J connectivity index is 2.01. The molecule has 0 amide bonds. The molecule has 0 saturated carbocycles. The molecule has 82 valence electrons. The van der Waals surface area contributed by atoms with Crippen molar-refractivity contribution >= 4 is 0 Å². The minimum absolute atomic E-state index is 0.0422. The molecule has 1 aliphatic heterocycles. The molecule has 1 aromatic rings.